The molecule has 0 saturated heterocycles. The Morgan fingerprint density at radius 3 is 2.46 bits per heavy atom. The van der Waals surface area contributed by atoms with Crippen molar-refractivity contribution in [2.45, 2.75) is 33.1 Å². The molecule has 0 aromatic heterocycles. The van der Waals surface area contributed by atoms with E-state index in [4.69, 9.17) is 0 Å². The summed E-state index contributed by atoms with van der Waals surface area (Å²) in [7, 11) is 0. The Bertz CT molecular complexity index is 816. The molecule has 7 heteroatoms. The van der Waals surface area contributed by atoms with Crippen LogP contribution in [0.5, 0.6) is 5.75 Å². The van der Waals surface area contributed by atoms with Crippen LogP contribution in [0.25, 0.3) is 0 Å². The number of hydrogen-bond acceptors (Lipinski definition) is 3. The van der Waals surface area contributed by atoms with Gasteiger partial charge in [0, 0.05) is 30.2 Å². The number of carbonyl (C=O) groups excluding carboxylic acids is 2. The number of hydrogen-bond donors (Lipinski definition) is 1. The standard InChI is InChI=1S/C19H18F3NO3/c1-12-6-7-13(2)16(10-12)17(24)8-9-18(25)23-14-4-3-5-15(11-14)26-19(20,21)22/h3-7,10-11H,8-9H2,1-2H3,(H,23,25). The Hall–Kier alpha value is -2.83. The quantitative estimate of drug-likeness (QED) is 0.748. The number of alkyl halides is 3. The van der Waals surface area contributed by atoms with E-state index in [0.717, 1.165) is 23.3 Å². The van der Waals surface area contributed by atoms with E-state index in [1.54, 1.807) is 6.07 Å². The highest BCUT2D eigenvalue weighted by Crippen LogP contribution is 2.25. The first-order valence-corrected chi connectivity index (χ1v) is 7.90. The van der Waals surface area contributed by atoms with Crippen molar-refractivity contribution in [3.63, 3.8) is 0 Å². The Morgan fingerprint density at radius 1 is 1.04 bits per heavy atom. The summed E-state index contributed by atoms with van der Waals surface area (Å²) in [6.45, 7) is 3.69. The van der Waals surface area contributed by atoms with Gasteiger partial charge in [-0.05, 0) is 37.6 Å². The SMILES string of the molecule is Cc1ccc(C)c(C(=O)CCC(=O)Nc2cccc(OC(F)(F)F)c2)c1. The topological polar surface area (TPSA) is 55.4 Å². The molecule has 0 aliphatic rings. The number of rotatable bonds is 6. The predicted octanol–water partition coefficient (Wildman–Crippen LogP) is 4.80. The molecule has 2 rings (SSSR count). The summed E-state index contributed by atoms with van der Waals surface area (Å²) in [4.78, 5) is 24.2. The second kappa shape index (κ2) is 8.03. The maximum absolute atomic E-state index is 12.3. The summed E-state index contributed by atoms with van der Waals surface area (Å²) in [6, 6.07) is 10.5. The van der Waals surface area contributed by atoms with Gasteiger partial charge in [0.1, 0.15) is 5.75 Å². The highest BCUT2D eigenvalue weighted by molar-refractivity contribution is 6.01. The number of benzene rings is 2. The molecule has 0 saturated carbocycles. The molecule has 1 N–H and O–H groups in total. The third-order valence-electron chi connectivity index (χ3n) is 3.62. The van der Waals surface area contributed by atoms with Crippen LogP contribution in [0.4, 0.5) is 18.9 Å². The normalized spacial score (nSPS) is 11.1. The van der Waals surface area contributed by atoms with Crippen molar-refractivity contribution in [2.24, 2.45) is 0 Å². The Balaban J connectivity index is 1.94. The third kappa shape index (κ3) is 5.91. The van der Waals surface area contributed by atoms with Crippen molar-refractivity contribution in [3.05, 3.63) is 59.2 Å². The molecule has 26 heavy (non-hydrogen) atoms. The predicted molar refractivity (Wildman–Crippen MR) is 91.2 cm³/mol. The van der Waals surface area contributed by atoms with E-state index in [1.807, 2.05) is 26.0 Å². The fourth-order valence-electron chi connectivity index (χ4n) is 2.39. The molecule has 0 fully saturated rings. The summed E-state index contributed by atoms with van der Waals surface area (Å²) < 4.78 is 40.5. The van der Waals surface area contributed by atoms with Gasteiger partial charge >= 0.3 is 6.36 Å². The highest BCUT2D eigenvalue weighted by Gasteiger charge is 2.31. The van der Waals surface area contributed by atoms with Crippen LogP contribution in [0.15, 0.2) is 42.5 Å². The Labute approximate surface area is 149 Å². The van der Waals surface area contributed by atoms with Crippen LogP contribution in [-0.4, -0.2) is 18.1 Å². The van der Waals surface area contributed by atoms with Crippen LogP contribution < -0.4 is 10.1 Å². The minimum Gasteiger partial charge on any atom is -0.406 e. The Kier molecular flexibility index (Phi) is 6.02. The molecule has 0 spiro atoms. The molecule has 0 bridgehead atoms. The van der Waals surface area contributed by atoms with E-state index < -0.39 is 18.0 Å². The molecule has 0 atom stereocenters. The van der Waals surface area contributed by atoms with Crippen LogP contribution in [0.3, 0.4) is 0 Å². The van der Waals surface area contributed by atoms with Crippen molar-refractivity contribution >= 4 is 17.4 Å². The molecule has 0 aliphatic heterocycles. The molecular formula is C19H18F3NO3. The maximum atomic E-state index is 12.3. The summed E-state index contributed by atoms with van der Waals surface area (Å²) in [5.41, 5.74) is 2.51. The first kappa shape index (κ1) is 19.5. The van der Waals surface area contributed by atoms with Gasteiger partial charge in [0.05, 0.1) is 0 Å². The highest BCUT2D eigenvalue weighted by atomic mass is 19.4. The number of amides is 1. The molecule has 2 aromatic carbocycles. The van der Waals surface area contributed by atoms with E-state index in [1.165, 1.54) is 12.1 Å². The van der Waals surface area contributed by atoms with E-state index in [0.29, 0.717) is 5.56 Å². The number of carbonyl (C=O) groups is 2. The second-order valence-electron chi connectivity index (χ2n) is 5.87. The van der Waals surface area contributed by atoms with Gasteiger partial charge in [-0.2, -0.15) is 0 Å². The fraction of sp³-hybridized carbons (Fsp3) is 0.263. The summed E-state index contributed by atoms with van der Waals surface area (Å²) in [5, 5.41) is 2.46. The van der Waals surface area contributed by atoms with Crippen LogP contribution in [0, 0.1) is 13.8 Å². The van der Waals surface area contributed by atoms with Gasteiger partial charge in [-0.25, -0.2) is 0 Å². The van der Waals surface area contributed by atoms with Crippen LogP contribution >= 0.6 is 0 Å². The van der Waals surface area contributed by atoms with Gasteiger partial charge in [-0.15, -0.1) is 13.2 Å². The minimum absolute atomic E-state index is 0.00880. The van der Waals surface area contributed by atoms with Gasteiger partial charge in [-0.1, -0.05) is 23.8 Å². The fourth-order valence-corrected chi connectivity index (χ4v) is 2.39. The number of anilines is 1. The monoisotopic (exact) mass is 365 g/mol. The summed E-state index contributed by atoms with van der Waals surface area (Å²) in [5.74, 6) is -1.05. The molecule has 0 aliphatic carbocycles. The lowest BCUT2D eigenvalue weighted by Crippen LogP contribution is -2.17. The zero-order chi connectivity index (χ0) is 19.3. The molecule has 4 nitrogen and oxygen atoms in total. The largest absolute Gasteiger partial charge is 0.573 e. The summed E-state index contributed by atoms with van der Waals surface area (Å²) >= 11 is 0. The van der Waals surface area contributed by atoms with Crippen molar-refractivity contribution in [1.82, 2.24) is 0 Å². The molecular weight excluding hydrogens is 347 g/mol. The summed E-state index contributed by atoms with van der Waals surface area (Å²) in [6.07, 6.45) is -4.87. The van der Waals surface area contributed by atoms with Gasteiger partial charge in [0.2, 0.25) is 5.91 Å². The van der Waals surface area contributed by atoms with Crippen molar-refractivity contribution < 1.29 is 27.5 Å². The number of Topliss-reactive ketones (excluding diaryl/α,β-unsaturated/α-hetero) is 1. The average Bonchev–Trinajstić information content (AvgIpc) is 2.53. The molecule has 0 unspecified atom stereocenters. The van der Waals surface area contributed by atoms with Crippen LogP contribution in [0.2, 0.25) is 0 Å². The lowest BCUT2D eigenvalue weighted by Gasteiger charge is -2.11. The van der Waals surface area contributed by atoms with E-state index in [2.05, 4.69) is 10.1 Å². The second-order valence-corrected chi connectivity index (χ2v) is 5.87. The van der Waals surface area contributed by atoms with Gasteiger partial charge in [0.25, 0.3) is 0 Å². The molecule has 0 radical (unpaired) electrons. The molecule has 138 valence electrons. The zero-order valence-electron chi connectivity index (χ0n) is 14.3. The van der Waals surface area contributed by atoms with E-state index >= 15 is 0 Å². The van der Waals surface area contributed by atoms with Crippen molar-refractivity contribution in [3.8, 4) is 5.75 Å². The van der Waals surface area contributed by atoms with E-state index in [-0.39, 0.29) is 24.3 Å². The van der Waals surface area contributed by atoms with E-state index in [9.17, 15) is 22.8 Å². The molecule has 1 amide bonds. The zero-order valence-corrected chi connectivity index (χ0v) is 14.3. The van der Waals surface area contributed by atoms with Crippen LogP contribution in [0.1, 0.15) is 34.3 Å². The number of ketones is 1. The number of halogens is 3. The van der Waals surface area contributed by atoms with Gasteiger partial charge in [0.15, 0.2) is 5.78 Å². The lowest BCUT2D eigenvalue weighted by molar-refractivity contribution is -0.274. The number of ether oxygens (including phenoxy) is 1. The molecule has 0 heterocycles. The van der Waals surface area contributed by atoms with Crippen molar-refractivity contribution in [2.75, 3.05) is 5.32 Å². The first-order valence-electron chi connectivity index (χ1n) is 7.90. The van der Waals surface area contributed by atoms with Gasteiger partial charge < -0.3 is 10.1 Å². The number of aryl methyl sites for hydroxylation is 2. The lowest BCUT2D eigenvalue weighted by atomic mass is 9.99. The smallest absolute Gasteiger partial charge is 0.406 e. The van der Waals surface area contributed by atoms with Gasteiger partial charge in [-0.3, -0.25) is 9.59 Å². The third-order valence-corrected chi connectivity index (χ3v) is 3.62. The average molecular weight is 365 g/mol. The molecule has 2 aromatic rings. The maximum Gasteiger partial charge on any atom is 0.573 e. The van der Waals surface area contributed by atoms with Crippen molar-refractivity contribution in [1.29, 1.82) is 0 Å². The minimum atomic E-state index is -4.80. The Morgan fingerprint density at radius 2 is 1.77 bits per heavy atom. The van der Waals surface area contributed by atoms with Crippen LogP contribution in [-0.2, 0) is 4.79 Å². The number of nitrogens with one attached hydrogen (secondary N) is 1. The first-order chi connectivity index (χ1) is 12.1.